The zero-order valence-electron chi connectivity index (χ0n) is 14.3. The first-order chi connectivity index (χ1) is 11.8. The lowest BCUT2D eigenvalue weighted by Crippen LogP contribution is -2.40. The molecule has 0 saturated carbocycles. The van der Waals surface area contributed by atoms with Crippen LogP contribution in [0.25, 0.3) is 0 Å². The van der Waals surface area contributed by atoms with Crippen molar-refractivity contribution in [1.29, 1.82) is 0 Å². The number of carbonyl (C=O) groups excluding carboxylic acids is 1. The lowest BCUT2D eigenvalue weighted by molar-refractivity contribution is -0.131. The number of sulfone groups is 1. The van der Waals surface area contributed by atoms with E-state index in [2.05, 4.69) is 10.1 Å². The predicted octanol–water partition coefficient (Wildman–Crippen LogP) is 1.73. The molecule has 1 aromatic heterocycles. The van der Waals surface area contributed by atoms with E-state index >= 15 is 0 Å². The van der Waals surface area contributed by atoms with Crippen LogP contribution in [0.3, 0.4) is 0 Å². The second-order valence-corrected chi connectivity index (χ2v) is 8.46. The Morgan fingerprint density at radius 3 is 2.64 bits per heavy atom. The lowest BCUT2D eigenvalue weighted by Gasteiger charge is -2.31. The van der Waals surface area contributed by atoms with Crippen LogP contribution >= 0.6 is 0 Å². The van der Waals surface area contributed by atoms with Gasteiger partial charge in [-0.2, -0.15) is 4.98 Å². The summed E-state index contributed by atoms with van der Waals surface area (Å²) in [6.45, 7) is 3.05. The van der Waals surface area contributed by atoms with Gasteiger partial charge in [0.1, 0.15) is 0 Å². The average molecular weight is 363 g/mol. The monoisotopic (exact) mass is 363 g/mol. The van der Waals surface area contributed by atoms with Crippen LogP contribution in [0.1, 0.15) is 36.0 Å². The van der Waals surface area contributed by atoms with E-state index in [1.165, 1.54) is 6.26 Å². The molecule has 0 bridgehead atoms. The van der Waals surface area contributed by atoms with Crippen molar-refractivity contribution in [2.75, 3.05) is 19.3 Å². The Hall–Kier alpha value is -2.22. The van der Waals surface area contributed by atoms with Gasteiger partial charge in [0, 0.05) is 32.2 Å². The van der Waals surface area contributed by atoms with Gasteiger partial charge in [-0.1, -0.05) is 17.3 Å². The second-order valence-electron chi connectivity index (χ2n) is 6.44. The van der Waals surface area contributed by atoms with E-state index in [1.54, 1.807) is 31.2 Å². The van der Waals surface area contributed by atoms with Crippen molar-refractivity contribution in [1.82, 2.24) is 15.0 Å². The van der Waals surface area contributed by atoms with Crippen LogP contribution in [0.15, 0.2) is 33.7 Å². The molecule has 1 amide bonds. The molecule has 2 aromatic rings. The van der Waals surface area contributed by atoms with Crippen molar-refractivity contribution >= 4 is 15.7 Å². The van der Waals surface area contributed by atoms with E-state index in [-0.39, 0.29) is 23.1 Å². The fourth-order valence-electron chi connectivity index (χ4n) is 3.04. The fourth-order valence-corrected chi connectivity index (χ4v) is 3.67. The summed E-state index contributed by atoms with van der Waals surface area (Å²) < 4.78 is 28.0. The zero-order chi connectivity index (χ0) is 18.0. The molecule has 1 aliphatic rings. The maximum atomic E-state index is 12.6. The van der Waals surface area contributed by atoms with Gasteiger partial charge in [0.05, 0.1) is 11.3 Å². The number of aromatic nitrogens is 2. The minimum Gasteiger partial charge on any atom is -0.342 e. The molecule has 1 atom stereocenters. The van der Waals surface area contributed by atoms with Gasteiger partial charge in [-0.15, -0.1) is 0 Å². The molecule has 1 aliphatic heterocycles. The van der Waals surface area contributed by atoms with Gasteiger partial charge in [-0.25, -0.2) is 8.42 Å². The predicted molar refractivity (Wildman–Crippen MR) is 90.8 cm³/mol. The van der Waals surface area contributed by atoms with Crippen molar-refractivity contribution in [3.63, 3.8) is 0 Å². The number of benzene rings is 1. The molecule has 0 spiro atoms. The van der Waals surface area contributed by atoms with Gasteiger partial charge in [-0.05, 0) is 30.5 Å². The Balaban J connectivity index is 1.64. The van der Waals surface area contributed by atoms with Crippen LogP contribution < -0.4 is 0 Å². The highest BCUT2D eigenvalue weighted by atomic mass is 32.2. The van der Waals surface area contributed by atoms with Crippen LogP contribution in [0.4, 0.5) is 0 Å². The zero-order valence-corrected chi connectivity index (χ0v) is 15.1. The third-order valence-corrected chi connectivity index (χ3v) is 5.52. The normalized spacial score (nSPS) is 18.3. The average Bonchev–Trinajstić information content (AvgIpc) is 3.01. The topological polar surface area (TPSA) is 93.4 Å². The Morgan fingerprint density at radius 2 is 2.04 bits per heavy atom. The number of rotatable bonds is 4. The van der Waals surface area contributed by atoms with Crippen LogP contribution in [0.5, 0.6) is 0 Å². The summed E-state index contributed by atoms with van der Waals surface area (Å²) in [5.74, 6) is 1.32. The number of nitrogens with zero attached hydrogens (tertiary/aromatic N) is 3. The maximum Gasteiger partial charge on any atom is 0.227 e. The molecule has 8 heteroatoms. The molecule has 0 radical (unpaired) electrons. The van der Waals surface area contributed by atoms with Gasteiger partial charge in [0.15, 0.2) is 15.7 Å². The Kier molecular flexibility index (Phi) is 4.89. The number of carbonyl (C=O) groups is 1. The second kappa shape index (κ2) is 6.95. The van der Waals surface area contributed by atoms with E-state index in [1.807, 2.05) is 4.90 Å². The summed E-state index contributed by atoms with van der Waals surface area (Å²) in [7, 11) is -3.22. The van der Waals surface area contributed by atoms with Gasteiger partial charge in [-0.3, -0.25) is 4.79 Å². The quantitative estimate of drug-likeness (QED) is 0.821. The number of hydrogen-bond acceptors (Lipinski definition) is 6. The molecule has 25 heavy (non-hydrogen) atoms. The molecule has 1 aromatic carbocycles. The molecular weight excluding hydrogens is 342 g/mol. The summed E-state index contributed by atoms with van der Waals surface area (Å²) in [5.41, 5.74) is 0.801. The minimum absolute atomic E-state index is 0.0250. The standard InChI is InChI=1S/C17H21N3O4S/c1-12-18-17(19-24-12)14-4-3-9-20(11-14)16(21)10-13-5-7-15(8-6-13)25(2,22)23/h5-8,14H,3-4,9-11H2,1-2H3/t14-/m0/s1. The number of hydrogen-bond donors (Lipinski definition) is 0. The smallest absolute Gasteiger partial charge is 0.227 e. The highest BCUT2D eigenvalue weighted by molar-refractivity contribution is 7.90. The molecule has 7 nitrogen and oxygen atoms in total. The molecule has 2 heterocycles. The van der Waals surface area contributed by atoms with Gasteiger partial charge >= 0.3 is 0 Å². The Labute approximate surface area is 146 Å². The van der Waals surface area contributed by atoms with Crippen LogP contribution in [-0.2, 0) is 21.1 Å². The third-order valence-electron chi connectivity index (χ3n) is 4.39. The van der Waals surface area contributed by atoms with Crippen LogP contribution in [0, 0.1) is 6.92 Å². The van der Waals surface area contributed by atoms with Gasteiger partial charge in [0.25, 0.3) is 0 Å². The van der Waals surface area contributed by atoms with E-state index in [9.17, 15) is 13.2 Å². The molecule has 1 saturated heterocycles. The third kappa shape index (κ3) is 4.25. The van der Waals surface area contributed by atoms with Crippen molar-refractivity contribution in [2.45, 2.75) is 37.0 Å². The van der Waals surface area contributed by atoms with E-state index in [0.29, 0.717) is 24.8 Å². The Bertz CT molecular complexity index is 858. The van der Waals surface area contributed by atoms with Crippen LogP contribution in [0.2, 0.25) is 0 Å². The summed E-state index contributed by atoms with van der Waals surface area (Å²) in [5, 5.41) is 3.97. The van der Waals surface area contributed by atoms with Crippen molar-refractivity contribution in [2.24, 2.45) is 0 Å². The summed E-state index contributed by atoms with van der Waals surface area (Å²) in [4.78, 5) is 18.9. The first-order valence-electron chi connectivity index (χ1n) is 8.20. The fraction of sp³-hybridized carbons (Fsp3) is 0.471. The first kappa shape index (κ1) is 17.6. The highest BCUT2D eigenvalue weighted by Crippen LogP contribution is 2.25. The van der Waals surface area contributed by atoms with Crippen molar-refractivity contribution in [3.05, 3.63) is 41.5 Å². The van der Waals surface area contributed by atoms with Gasteiger partial charge in [0.2, 0.25) is 11.8 Å². The summed E-state index contributed by atoms with van der Waals surface area (Å²) in [6, 6.07) is 6.47. The van der Waals surface area contributed by atoms with Crippen LogP contribution in [-0.4, -0.2) is 48.7 Å². The largest absolute Gasteiger partial charge is 0.342 e. The molecule has 3 rings (SSSR count). The summed E-state index contributed by atoms with van der Waals surface area (Å²) >= 11 is 0. The molecule has 134 valence electrons. The first-order valence-corrected chi connectivity index (χ1v) is 10.1. The minimum atomic E-state index is -3.22. The van der Waals surface area contributed by atoms with Crippen molar-refractivity contribution in [3.8, 4) is 0 Å². The van der Waals surface area contributed by atoms with Gasteiger partial charge < -0.3 is 9.42 Å². The number of aryl methyl sites for hydroxylation is 1. The maximum absolute atomic E-state index is 12.6. The summed E-state index contributed by atoms with van der Waals surface area (Å²) in [6.07, 6.45) is 3.26. The number of likely N-dealkylation sites (tertiary alicyclic amines) is 1. The SMILES string of the molecule is Cc1nc([C@H]2CCCN(C(=O)Cc3ccc(S(C)(=O)=O)cc3)C2)no1. The van der Waals surface area contributed by atoms with Crippen molar-refractivity contribution < 1.29 is 17.7 Å². The van der Waals surface area contributed by atoms with E-state index in [0.717, 1.165) is 18.4 Å². The Morgan fingerprint density at radius 1 is 1.32 bits per heavy atom. The molecule has 1 fully saturated rings. The van der Waals surface area contributed by atoms with E-state index in [4.69, 9.17) is 4.52 Å². The molecule has 0 unspecified atom stereocenters. The molecular formula is C17H21N3O4S. The lowest BCUT2D eigenvalue weighted by atomic mass is 9.97. The number of amides is 1. The molecule has 0 N–H and O–H groups in total. The van der Waals surface area contributed by atoms with E-state index < -0.39 is 9.84 Å². The highest BCUT2D eigenvalue weighted by Gasteiger charge is 2.27. The number of piperidine rings is 1. The molecule has 0 aliphatic carbocycles.